The van der Waals surface area contributed by atoms with Gasteiger partial charge in [0.2, 0.25) is 0 Å². The van der Waals surface area contributed by atoms with Crippen LogP contribution in [0.25, 0.3) is 0 Å². The third-order valence-corrected chi connectivity index (χ3v) is 7.44. The normalized spacial score (nSPS) is 11.3. The fourth-order valence-corrected chi connectivity index (χ4v) is 5.76. The number of methoxy groups -OCH3 is 1. The Labute approximate surface area is 181 Å². The smallest absolute Gasteiger partial charge is 0.262 e. The lowest BCUT2D eigenvalue weighted by atomic mass is 10.1. The fraction of sp³-hybridized carbons (Fsp3) is 0.182. The number of rotatable bonds is 7. The summed E-state index contributed by atoms with van der Waals surface area (Å²) in [5.74, 6) is 1.34. The minimum absolute atomic E-state index is 0.274. The number of halogens is 1. The van der Waals surface area contributed by atoms with Gasteiger partial charge in [0.05, 0.1) is 17.7 Å². The van der Waals surface area contributed by atoms with E-state index in [9.17, 15) is 8.42 Å². The molecule has 0 bridgehead atoms. The largest absolute Gasteiger partial charge is 0.497 e. The summed E-state index contributed by atoms with van der Waals surface area (Å²) in [6.45, 7) is 3.54. The molecular formula is C22H22ClNO3S2. The Hall–Kier alpha value is -2.15. The van der Waals surface area contributed by atoms with Gasteiger partial charge in [0.1, 0.15) is 5.75 Å². The van der Waals surface area contributed by atoms with Crippen molar-refractivity contribution in [3.8, 4) is 5.75 Å². The SMILES string of the molecule is COc1cc(C)c(S(=O)(=O)Nc2ccccc2SCc2ccc(Cl)cc2)c(C)c1. The minimum atomic E-state index is -3.75. The minimum Gasteiger partial charge on any atom is -0.497 e. The summed E-state index contributed by atoms with van der Waals surface area (Å²) in [5, 5.41) is 0.692. The van der Waals surface area contributed by atoms with Crippen molar-refractivity contribution in [1.29, 1.82) is 0 Å². The summed E-state index contributed by atoms with van der Waals surface area (Å²) >= 11 is 7.50. The summed E-state index contributed by atoms with van der Waals surface area (Å²) in [6.07, 6.45) is 0. The second-order valence-electron chi connectivity index (χ2n) is 6.61. The molecule has 0 radical (unpaired) electrons. The third-order valence-electron chi connectivity index (χ3n) is 4.38. The van der Waals surface area contributed by atoms with Gasteiger partial charge in [-0.1, -0.05) is 35.9 Å². The number of aryl methyl sites for hydroxylation is 2. The number of sulfonamides is 1. The van der Waals surface area contributed by atoms with Crippen molar-refractivity contribution >= 4 is 39.1 Å². The number of para-hydroxylation sites is 1. The summed E-state index contributed by atoms with van der Waals surface area (Å²) in [4.78, 5) is 1.13. The molecule has 0 saturated carbocycles. The molecule has 0 amide bonds. The van der Waals surface area contributed by atoms with Crippen molar-refractivity contribution < 1.29 is 13.2 Å². The molecule has 0 fully saturated rings. The van der Waals surface area contributed by atoms with E-state index in [4.69, 9.17) is 16.3 Å². The third kappa shape index (κ3) is 5.26. The Bertz CT molecular complexity index is 1090. The topological polar surface area (TPSA) is 55.4 Å². The van der Waals surface area contributed by atoms with Crippen LogP contribution in [0.5, 0.6) is 5.75 Å². The van der Waals surface area contributed by atoms with E-state index in [0.717, 1.165) is 10.5 Å². The van der Waals surface area contributed by atoms with Gasteiger partial charge in [-0.05, 0) is 66.9 Å². The van der Waals surface area contributed by atoms with E-state index in [2.05, 4.69) is 4.72 Å². The van der Waals surface area contributed by atoms with E-state index in [1.807, 2.05) is 42.5 Å². The number of thioether (sulfide) groups is 1. The fourth-order valence-electron chi connectivity index (χ4n) is 3.07. The molecule has 0 aliphatic heterocycles. The molecule has 0 spiro atoms. The molecule has 29 heavy (non-hydrogen) atoms. The van der Waals surface area contributed by atoms with Crippen LogP contribution in [0, 0.1) is 13.8 Å². The Kier molecular flexibility index (Phi) is 6.77. The van der Waals surface area contributed by atoms with Crippen molar-refractivity contribution in [2.24, 2.45) is 0 Å². The zero-order valence-corrected chi connectivity index (χ0v) is 18.8. The highest BCUT2D eigenvalue weighted by atomic mass is 35.5. The van der Waals surface area contributed by atoms with Crippen molar-refractivity contribution in [2.75, 3.05) is 11.8 Å². The Morgan fingerprint density at radius 2 is 1.62 bits per heavy atom. The number of hydrogen-bond acceptors (Lipinski definition) is 4. The van der Waals surface area contributed by atoms with Crippen molar-refractivity contribution in [3.63, 3.8) is 0 Å². The highest BCUT2D eigenvalue weighted by Crippen LogP contribution is 2.33. The molecule has 0 aliphatic rings. The quantitative estimate of drug-likeness (QED) is 0.447. The molecule has 152 valence electrons. The monoisotopic (exact) mass is 447 g/mol. The molecule has 1 N–H and O–H groups in total. The van der Waals surface area contributed by atoms with Crippen LogP contribution in [0.1, 0.15) is 16.7 Å². The lowest BCUT2D eigenvalue weighted by Crippen LogP contribution is -2.16. The zero-order chi connectivity index (χ0) is 21.0. The molecule has 4 nitrogen and oxygen atoms in total. The molecule has 0 saturated heterocycles. The molecule has 0 atom stereocenters. The average molecular weight is 448 g/mol. The average Bonchev–Trinajstić information content (AvgIpc) is 2.67. The first-order valence-corrected chi connectivity index (χ1v) is 11.8. The molecular weight excluding hydrogens is 426 g/mol. The molecule has 3 rings (SSSR count). The highest BCUT2D eigenvalue weighted by molar-refractivity contribution is 7.98. The van der Waals surface area contributed by atoms with E-state index < -0.39 is 10.0 Å². The van der Waals surface area contributed by atoms with Gasteiger partial charge in [0, 0.05) is 15.7 Å². The highest BCUT2D eigenvalue weighted by Gasteiger charge is 2.21. The van der Waals surface area contributed by atoms with Gasteiger partial charge >= 0.3 is 0 Å². The lowest BCUT2D eigenvalue weighted by Gasteiger charge is -2.16. The Balaban J connectivity index is 1.86. The van der Waals surface area contributed by atoms with Crippen LogP contribution in [0.15, 0.2) is 70.5 Å². The maximum atomic E-state index is 13.1. The molecule has 0 aromatic heterocycles. The predicted octanol–water partition coefficient (Wildman–Crippen LogP) is 6.06. The molecule has 0 unspecified atom stereocenters. The van der Waals surface area contributed by atoms with E-state index in [1.165, 1.54) is 0 Å². The van der Waals surface area contributed by atoms with Crippen molar-refractivity contribution in [1.82, 2.24) is 0 Å². The van der Waals surface area contributed by atoms with E-state index >= 15 is 0 Å². The van der Waals surface area contributed by atoms with Gasteiger partial charge in [-0.2, -0.15) is 0 Å². The van der Waals surface area contributed by atoms with Crippen LogP contribution in [0.2, 0.25) is 5.02 Å². The molecule has 0 aliphatic carbocycles. The number of nitrogens with one attached hydrogen (secondary N) is 1. The summed E-state index contributed by atoms with van der Waals surface area (Å²) < 4.78 is 34.3. The summed E-state index contributed by atoms with van der Waals surface area (Å²) in [5.41, 5.74) is 2.95. The second-order valence-corrected chi connectivity index (χ2v) is 9.68. The first-order chi connectivity index (χ1) is 13.8. The van der Waals surface area contributed by atoms with Gasteiger partial charge in [-0.3, -0.25) is 4.72 Å². The number of benzene rings is 3. The van der Waals surface area contributed by atoms with Gasteiger partial charge < -0.3 is 4.74 Å². The molecule has 3 aromatic rings. The molecule has 0 heterocycles. The van der Waals surface area contributed by atoms with Gasteiger partial charge in [-0.25, -0.2) is 8.42 Å². The van der Waals surface area contributed by atoms with Gasteiger partial charge in [-0.15, -0.1) is 11.8 Å². The standard InChI is InChI=1S/C22H22ClNO3S2/c1-15-12-19(27-3)13-16(2)22(15)29(25,26)24-20-6-4-5-7-21(20)28-14-17-8-10-18(23)11-9-17/h4-13,24H,14H2,1-3H3. The first-order valence-electron chi connectivity index (χ1n) is 8.94. The predicted molar refractivity (Wildman–Crippen MR) is 121 cm³/mol. The lowest BCUT2D eigenvalue weighted by molar-refractivity contribution is 0.413. The maximum absolute atomic E-state index is 13.1. The number of anilines is 1. The van der Waals surface area contributed by atoms with Crippen LogP contribution in [-0.2, 0) is 15.8 Å². The number of ether oxygens (including phenoxy) is 1. The summed E-state index contributed by atoms with van der Waals surface area (Å²) in [6, 6.07) is 18.5. The van der Waals surface area contributed by atoms with E-state index in [1.54, 1.807) is 50.9 Å². The molecule has 7 heteroatoms. The van der Waals surface area contributed by atoms with Crippen LogP contribution in [0.4, 0.5) is 5.69 Å². The second kappa shape index (κ2) is 9.11. The summed E-state index contributed by atoms with van der Waals surface area (Å²) in [7, 11) is -2.18. The Morgan fingerprint density at radius 1 is 1.00 bits per heavy atom. The maximum Gasteiger partial charge on any atom is 0.262 e. The van der Waals surface area contributed by atoms with Crippen LogP contribution < -0.4 is 9.46 Å². The van der Waals surface area contributed by atoms with Crippen LogP contribution >= 0.6 is 23.4 Å². The van der Waals surface area contributed by atoms with Gasteiger partial charge in [0.15, 0.2) is 0 Å². The van der Waals surface area contributed by atoms with Crippen molar-refractivity contribution in [3.05, 3.63) is 82.4 Å². The zero-order valence-electron chi connectivity index (χ0n) is 16.4. The van der Waals surface area contributed by atoms with Crippen LogP contribution in [0.3, 0.4) is 0 Å². The van der Waals surface area contributed by atoms with E-state index in [0.29, 0.717) is 33.3 Å². The Morgan fingerprint density at radius 3 is 2.24 bits per heavy atom. The molecule has 3 aromatic carbocycles. The van der Waals surface area contributed by atoms with E-state index in [-0.39, 0.29) is 4.90 Å². The van der Waals surface area contributed by atoms with Crippen molar-refractivity contribution in [2.45, 2.75) is 29.4 Å². The van der Waals surface area contributed by atoms with Gasteiger partial charge in [0.25, 0.3) is 10.0 Å². The number of hydrogen-bond donors (Lipinski definition) is 1. The first kappa shape index (κ1) is 21.6. The van der Waals surface area contributed by atoms with Crippen LogP contribution in [-0.4, -0.2) is 15.5 Å².